The molecule has 0 saturated carbocycles. The third-order valence-electron chi connectivity index (χ3n) is 4.50. The number of aromatic nitrogens is 3. The molecule has 146 valence electrons. The van der Waals surface area contributed by atoms with Gasteiger partial charge in [0.25, 0.3) is 5.91 Å². The van der Waals surface area contributed by atoms with Crippen molar-refractivity contribution in [3.8, 4) is 11.3 Å². The van der Waals surface area contributed by atoms with Gasteiger partial charge in [0.2, 0.25) is 10.0 Å². The van der Waals surface area contributed by atoms with E-state index in [0.717, 1.165) is 12.1 Å². The number of hydrogen-bond acceptors (Lipinski definition) is 6. The summed E-state index contributed by atoms with van der Waals surface area (Å²) in [6, 6.07) is 8.22. The average Bonchev–Trinajstić information content (AvgIpc) is 3.41. The number of anilines is 2. The molecule has 1 aromatic carbocycles. The number of carbonyl (C=O) groups is 1. The third-order valence-corrected chi connectivity index (χ3v) is 6.37. The molecule has 0 radical (unpaired) electrons. The fourth-order valence-electron chi connectivity index (χ4n) is 3.02. The van der Waals surface area contributed by atoms with Crippen molar-refractivity contribution >= 4 is 27.3 Å². The van der Waals surface area contributed by atoms with Gasteiger partial charge in [0.05, 0.1) is 23.2 Å². The van der Waals surface area contributed by atoms with E-state index in [9.17, 15) is 13.2 Å². The van der Waals surface area contributed by atoms with E-state index in [1.54, 1.807) is 41.2 Å². The maximum absolute atomic E-state index is 12.4. The number of hydrogen-bond donors (Lipinski definition) is 1. The second-order valence-electron chi connectivity index (χ2n) is 6.40. The van der Waals surface area contributed by atoms with E-state index in [4.69, 9.17) is 4.52 Å². The first-order valence-corrected chi connectivity index (χ1v) is 10.5. The highest BCUT2D eigenvalue weighted by molar-refractivity contribution is 7.93. The van der Waals surface area contributed by atoms with Crippen LogP contribution in [0.4, 0.5) is 11.4 Å². The van der Waals surface area contributed by atoms with Crippen LogP contribution in [-0.2, 0) is 16.6 Å². The highest BCUT2D eigenvalue weighted by Gasteiger charge is 2.28. The van der Waals surface area contributed by atoms with Crippen molar-refractivity contribution in [1.29, 1.82) is 0 Å². The highest BCUT2D eigenvalue weighted by Crippen LogP contribution is 2.26. The smallest absolute Gasteiger partial charge is 0.277 e. The van der Waals surface area contributed by atoms with Crippen LogP contribution < -0.4 is 9.62 Å². The summed E-state index contributed by atoms with van der Waals surface area (Å²) in [5.41, 5.74) is 2.01. The fourth-order valence-corrected chi connectivity index (χ4v) is 4.58. The van der Waals surface area contributed by atoms with E-state index >= 15 is 0 Å². The Labute approximate surface area is 162 Å². The molecule has 0 atom stereocenters. The largest absolute Gasteiger partial charge is 0.355 e. The lowest BCUT2D eigenvalue weighted by molar-refractivity contribution is 0.101. The molecule has 0 unspecified atom stereocenters. The van der Waals surface area contributed by atoms with Crippen LogP contribution in [0.3, 0.4) is 0 Å². The third kappa shape index (κ3) is 3.50. The molecule has 0 aliphatic carbocycles. The second kappa shape index (κ2) is 7.12. The van der Waals surface area contributed by atoms with Crippen molar-refractivity contribution < 1.29 is 17.7 Å². The summed E-state index contributed by atoms with van der Waals surface area (Å²) in [5, 5.41) is 10.7. The minimum atomic E-state index is -3.23. The average molecular weight is 401 g/mol. The topological polar surface area (TPSA) is 110 Å². The SMILES string of the molecule is CCn1cc(-c2cc(C(=O)Nc3ccc(N4CCCS4(=O)=O)cc3)no2)cn1. The molecular formula is C18H19N5O4S. The maximum atomic E-state index is 12.4. The molecule has 10 heteroatoms. The number of sulfonamides is 1. The van der Waals surface area contributed by atoms with Crippen LogP contribution in [0.2, 0.25) is 0 Å². The van der Waals surface area contributed by atoms with Crippen molar-refractivity contribution in [2.24, 2.45) is 0 Å². The normalized spacial score (nSPS) is 15.7. The number of nitrogens with zero attached hydrogens (tertiary/aromatic N) is 4. The summed E-state index contributed by atoms with van der Waals surface area (Å²) in [7, 11) is -3.23. The summed E-state index contributed by atoms with van der Waals surface area (Å²) < 4.78 is 32.3. The lowest BCUT2D eigenvalue weighted by Gasteiger charge is -2.17. The van der Waals surface area contributed by atoms with E-state index in [0.29, 0.717) is 30.1 Å². The maximum Gasteiger partial charge on any atom is 0.277 e. The van der Waals surface area contributed by atoms with E-state index in [1.165, 1.54) is 4.31 Å². The number of nitrogens with one attached hydrogen (secondary N) is 1. The van der Waals surface area contributed by atoms with Gasteiger partial charge in [0.1, 0.15) is 0 Å². The van der Waals surface area contributed by atoms with Crippen LogP contribution >= 0.6 is 0 Å². The quantitative estimate of drug-likeness (QED) is 0.703. The first-order chi connectivity index (χ1) is 13.5. The molecule has 4 rings (SSSR count). The zero-order valence-corrected chi connectivity index (χ0v) is 16.0. The molecular weight excluding hydrogens is 382 g/mol. The Morgan fingerprint density at radius 3 is 2.71 bits per heavy atom. The first-order valence-electron chi connectivity index (χ1n) is 8.87. The van der Waals surface area contributed by atoms with E-state index in [2.05, 4.69) is 15.6 Å². The van der Waals surface area contributed by atoms with E-state index in [-0.39, 0.29) is 11.4 Å². The molecule has 28 heavy (non-hydrogen) atoms. The van der Waals surface area contributed by atoms with Gasteiger partial charge < -0.3 is 9.84 Å². The van der Waals surface area contributed by atoms with Crippen molar-refractivity contribution in [2.45, 2.75) is 19.9 Å². The molecule has 0 spiro atoms. The minimum Gasteiger partial charge on any atom is -0.355 e. The molecule has 1 fully saturated rings. The minimum absolute atomic E-state index is 0.144. The highest BCUT2D eigenvalue weighted by atomic mass is 32.2. The van der Waals surface area contributed by atoms with Gasteiger partial charge in [0, 0.05) is 31.0 Å². The molecule has 2 aromatic heterocycles. The Morgan fingerprint density at radius 1 is 1.29 bits per heavy atom. The van der Waals surface area contributed by atoms with Crippen molar-refractivity contribution in [3.63, 3.8) is 0 Å². The summed E-state index contributed by atoms with van der Waals surface area (Å²) >= 11 is 0. The number of amides is 1. The zero-order valence-electron chi connectivity index (χ0n) is 15.2. The number of benzene rings is 1. The summed E-state index contributed by atoms with van der Waals surface area (Å²) in [5.74, 6) is 0.204. The van der Waals surface area contributed by atoms with Crippen LogP contribution in [0.25, 0.3) is 11.3 Å². The van der Waals surface area contributed by atoms with Gasteiger partial charge in [-0.3, -0.25) is 13.8 Å². The monoisotopic (exact) mass is 401 g/mol. The standard InChI is InChI=1S/C18H19N5O4S/c1-2-22-12-13(11-19-22)17-10-16(21-27-17)18(24)20-14-4-6-15(7-5-14)23-8-3-9-28(23,25)26/h4-7,10-12H,2-3,8-9H2,1H3,(H,20,24). The lowest BCUT2D eigenvalue weighted by Crippen LogP contribution is -2.25. The molecule has 1 amide bonds. The van der Waals surface area contributed by atoms with Crippen LogP contribution in [0.1, 0.15) is 23.8 Å². The van der Waals surface area contributed by atoms with E-state index < -0.39 is 15.9 Å². The van der Waals surface area contributed by atoms with Gasteiger partial charge in [-0.15, -0.1) is 0 Å². The van der Waals surface area contributed by atoms with Gasteiger partial charge >= 0.3 is 0 Å². The molecule has 1 aliphatic rings. The number of rotatable bonds is 5. The lowest BCUT2D eigenvalue weighted by atomic mass is 10.2. The Bertz CT molecular complexity index is 1100. The molecule has 3 heterocycles. The summed E-state index contributed by atoms with van der Waals surface area (Å²) in [6.07, 6.45) is 4.08. The predicted molar refractivity (Wildman–Crippen MR) is 104 cm³/mol. The molecule has 3 aromatic rings. The van der Waals surface area contributed by atoms with Gasteiger partial charge in [-0.25, -0.2) is 8.42 Å². The van der Waals surface area contributed by atoms with Gasteiger partial charge in [0.15, 0.2) is 11.5 Å². The molecule has 1 N–H and O–H groups in total. The first kappa shape index (κ1) is 18.2. The van der Waals surface area contributed by atoms with Crippen molar-refractivity contribution in [3.05, 3.63) is 48.4 Å². The van der Waals surface area contributed by atoms with Gasteiger partial charge in [-0.2, -0.15) is 5.10 Å². The fraction of sp³-hybridized carbons (Fsp3) is 0.278. The molecule has 0 bridgehead atoms. The molecule has 9 nitrogen and oxygen atoms in total. The second-order valence-corrected chi connectivity index (χ2v) is 8.42. The van der Waals surface area contributed by atoms with Gasteiger partial charge in [-0.05, 0) is 37.6 Å². The molecule has 1 aliphatic heterocycles. The van der Waals surface area contributed by atoms with E-state index in [1.807, 2.05) is 13.1 Å². The van der Waals surface area contributed by atoms with Crippen LogP contribution in [0, 0.1) is 0 Å². The molecule has 1 saturated heterocycles. The number of carbonyl (C=O) groups excluding carboxylic acids is 1. The van der Waals surface area contributed by atoms with Crippen LogP contribution in [-0.4, -0.2) is 41.6 Å². The number of aryl methyl sites for hydroxylation is 1. The van der Waals surface area contributed by atoms with Gasteiger partial charge in [-0.1, -0.05) is 5.16 Å². The predicted octanol–water partition coefficient (Wildman–Crippen LogP) is 2.35. The van der Waals surface area contributed by atoms with Crippen molar-refractivity contribution in [1.82, 2.24) is 14.9 Å². The Balaban J connectivity index is 1.45. The summed E-state index contributed by atoms with van der Waals surface area (Å²) in [4.78, 5) is 12.4. The Kier molecular flexibility index (Phi) is 4.63. The zero-order chi connectivity index (χ0) is 19.7. The Hall–Kier alpha value is -3.14. The Morgan fingerprint density at radius 2 is 2.07 bits per heavy atom. The van der Waals surface area contributed by atoms with Crippen LogP contribution in [0.5, 0.6) is 0 Å². The van der Waals surface area contributed by atoms with Crippen LogP contribution in [0.15, 0.2) is 47.2 Å². The van der Waals surface area contributed by atoms with Crippen molar-refractivity contribution in [2.75, 3.05) is 21.9 Å². The summed E-state index contributed by atoms with van der Waals surface area (Å²) in [6.45, 7) is 3.18.